The maximum absolute atomic E-state index is 11.5. The molecule has 0 spiro atoms. The summed E-state index contributed by atoms with van der Waals surface area (Å²) in [7, 11) is 1.21. The van der Waals surface area contributed by atoms with Gasteiger partial charge in [0.1, 0.15) is 6.61 Å². The van der Waals surface area contributed by atoms with Crippen molar-refractivity contribution in [2.75, 3.05) is 26.8 Å². The molecule has 0 atom stereocenters. The number of hydrogen-bond donors (Lipinski definition) is 1. The first-order valence-electron chi connectivity index (χ1n) is 5.84. The Balaban J connectivity index is 2.28. The third-order valence-corrected chi connectivity index (χ3v) is 2.48. The molecular formula is C12H18N2O5. The molecule has 0 aromatic carbocycles. The van der Waals surface area contributed by atoms with E-state index in [1.807, 2.05) is 13.8 Å². The average molecular weight is 270 g/mol. The standard InChI is InChI=1S/C12H18N2O5/c1-12(2)8-14(11(17)13-12)6-7-19-10(16)5-4-9(15)18-3/h4-5H,6-8H2,1-3H3,(H,13,17)/b5-4+. The van der Waals surface area contributed by atoms with Crippen LogP contribution in [0.5, 0.6) is 0 Å². The lowest BCUT2D eigenvalue weighted by Gasteiger charge is -2.17. The Morgan fingerprint density at radius 3 is 2.53 bits per heavy atom. The number of amides is 2. The van der Waals surface area contributed by atoms with Gasteiger partial charge in [0.2, 0.25) is 0 Å². The van der Waals surface area contributed by atoms with Crippen molar-refractivity contribution >= 4 is 18.0 Å². The normalized spacial score (nSPS) is 17.4. The lowest BCUT2D eigenvalue weighted by Crippen LogP contribution is -2.36. The largest absolute Gasteiger partial charge is 0.466 e. The SMILES string of the molecule is COC(=O)/C=C/C(=O)OCCN1CC(C)(C)NC1=O. The molecule has 1 heterocycles. The zero-order valence-electron chi connectivity index (χ0n) is 11.3. The molecule has 0 radical (unpaired) electrons. The highest BCUT2D eigenvalue weighted by Gasteiger charge is 2.34. The van der Waals surface area contributed by atoms with Crippen LogP contribution < -0.4 is 5.32 Å². The van der Waals surface area contributed by atoms with Crippen LogP contribution in [0.4, 0.5) is 4.79 Å². The van der Waals surface area contributed by atoms with E-state index >= 15 is 0 Å². The number of carbonyl (C=O) groups is 3. The van der Waals surface area contributed by atoms with Crippen molar-refractivity contribution in [3.63, 3.8) is 0 Å². The average Bonchev–Trinajstić information content (AvgIpc) is 2.59. The van der Waals surface area contributed by atoms with Gasteiger partial charge >= 0.3 is 18.0 Å². The van der Waals surface area contributed by atoms with Gasteiger partial charge in [-0.05, 0) is 13.8 Å². The van der Waals surface area contributed by atoms with Crippen LogP contribution in [-0.2, 0) is 19.1 Å². The van der Waals surface area contributed by atoms with E-state index in [0.29, 0.717) is 13.1 Å². The predicted octanol–water partition coefficient (Wildman–Crippen LogP) is 0.0626. The lowest BCUT2D eigenvalue weighted by molar-refractivity contribution is -0.139. The molecule has 0 saturated carbocycles. The maximum atomic E-state index is 11.5. The third kappa shape index (κ3) is 4.99. The van der Waals surface area contributed by atoms with Gasteiger partial charge in [0.15, 0.2) is 0 Å². The van der Waals surface area contributed by atoms with Gasteiger partial charge in [-0.25, -0.2) is 14.4 Å². The number of ether oxygens (including phenoxy) is 2. The second-order valence-electron chi connectivity index (χ2n) is 4.76. The van der Waals surface area contributed by atoms with Gasteiger partial charge in [0.25, 0.3) is 0 Å². The fourth-order valence-electron chi connectivity index (χ4n) is 1.65. The molecule has 106 valence electrons. The van der Waals surface area contributed by atoms with Gasteiger partial charge in [-0.2, -0.15) is 0 Å². The summed E-state index contributed by atoms with van der Waals surface area (Å²) in [6.07, 6.45) is 1.97. The summed E-state index contributed by atoms with van der Waals surface area (Å²) in [6.45, 7) is 4.77. The molecule has 1 aliphatic heterocycles. The monoisotopic (exact) mass is 270 g/mol. The Morgan fingerprint density at radius 2 is 2.00 bits per heavy atom. The molecule has 1 fully saturated rings. The molecule has 1 rings (SSSR count). The summed E-state index contributed by atoms with van der Waals surface area (Å²) >= 11 is 0. The number of methoxy groups -OCH3 is 1. The number of nitrogens with one attached hydrogen (secondary N) is 1. The number of rotatable bonds is 5. The first kappa shape index (κ1) is 15.0. The molecule has 0 aromatic rings. The van der Waals surface area contributed by atoms with Gasteiger partial charge in [-0.1, -0.05) is 0 Å². The van der Waals surface area contributed by atoms with Gasteiger partial charge in [0, 0.05) is 18.7 Å². The molecule has 0 aromatic heterocycles. The minimum absolute atomic E-state index is 0.0772. The molecule has 0 bridgehead atoms. The molecule has 19 heavy (non-hydrogen) atoms. The summed E-state index contributed by atoms with van der Waals surface area (Å²) < 4.78 is 9.19. The van der Waals surface area contributed by atoms with E-state index < -0.39 is 11.9 Å². The highest BCUT2D eigenvalue weighted by molar-refractivity contribution is 5.91. The first-order valence-corrected chi connectivity index (χ1v) is 5.84. The summed E-state index contributed by atoms with van der Waals surface area (Å²) in [6, 6.07) is -0.175. The minimum Gasteiger partial charge on any atom is -0.466 e. The lowest BCUT2D eigenvalue weighted by atomic mass is 10.1. The van der Waals surface area contributed by atoms with Crippen LogP contribution in [0.3, 0.4) is 0 Å². The first-order chi connectivity index (χ1) is 8.84. The summed E-state index contributed by atoms with van der Waals surface area (Å²) in [5, 5.41) is 2.80. The summed E-state index contributed by atoms with van der Waals surface area (Å²) in [5.41, 5.74) is -0.272. The summed E-state index contributed by atoms with van der Waals surface area (Å²) in [5.74, 6) is -1.28. The second kappa shape index (κ2) is 6.21. The minimum atomic E-state index is -0.649. The number of carbonyl (C=O) groups excluding carboxylic acids is 3. The Bertz CT molecular complexity index is 403. The number of esters is 2. The quantitative estimate of drug-likeness (QED) is 0.564. The smallest absolute Gasteiger partial charge is 0.331 e. The molecule has 2 amide bonds. The van der Waals surface area contributed by atoms with E-state index in [0.717, 1.165) is 12.2 Å². The van der Waals surface area contributed by atoms with Crippen LogP contribution in [0.1, 0.15) is 13.8 Å². The molecular weight excluding hydrogens is 252 g/mol. The van der Waals surface area contributed by atoms with E-state index in [1.165, 1.54) is 7.11 Å². The zero-order chi connectivity index (χ0) is 14.5. The van der Waals surface area contributed by atoms with Crippen molar-refractivity contribution in [2.45, 2.75) is 19.4 Å². The highest BCUT2D eigenvalue weighted by Crippen LogP contribution is 2.13. The van der Waals surface area contributed by atoms with Crippen LogP contribution in [0, 0.1) is 0 Å². The Labute approximate surface area is 111 Å². The molecule has 0 unspecified atom stereocenters. The van der Waals surface area contributed by atoms with E-state index in [4.69, 9.17) is 4.74 Å². The van der Waals surface area contributed by atoms with Crippen molar-refractivity contribution < 1.29 is 23.9 Å². The van der Waals surface area contributed by atoms with Crippen molar-refractivity contribution in [3.8, 4) is 0 Å². The Morgan fingerprint density at radius 1 is 1.37 bits per heavy atom. The van der Waals surface area contributed by atoms with Gasteiger partial charge in [-0.15, -0.1) is 0 Å². The predicted molar refractivity (Wildman–Crippen MR) is 66.3 cm³/mol. The van der Waals surface area contributed by atoms with Crippen LogP contribution in [0.25, 0.3) is 0 Å². The molecule has 7 heteroatoms. The molecule has 1 saturated heterocycles. The molecule has 1 N–H and O–H groups in total. The van der Waals surface area contributed by atoms with Crippen LogP contribution in [-0.4, -0.2) is 55.2 Å². The number of urea groups is 1. The van der Waals surface area contributed by atoms with Crippen molar-refractivity contribution in [3.05, 3.63) is 12.2 Å². The van der Waals surface area contributed by atoms with Crippen LogP contribution in [0.2, 0.25) is 0 Å². The second-order valence-corrected chi connectivity index (χ2v) is 4.76. The Hall–Kier alpha value is -2.05. The highest BCUT2D eigenvalue weighted by atomic mass is 16.5. The fourth-order valence-corrected chi connectivity index (χ4v) is 1.65. The molecule has 7 nitrogen and oxygen atoms in total. The van der Waals surface area contributed by atoms with Gasteiger partial charge in [-0.3, -0.25) is 0 Å². The van der Waals surface area contributed by atoms with Crippen LogP contribution in [0.15, 0.2) is 12.2 Å². The molecule has 0 aliphatic carbocycles. The third-order valence-electron chi connectivity index (χ3n) is 2.48. The summed E-state index contributed by atoms with van der Waals surface area (Å²) in [4.78, 5) is 35.0. The molecule has 1 aliphatic rings. The van der Waals surface area contributed by atoms with Crippen LogP contribution >= 0.6 is 0 Å². The van der Waals surface area contributed by atoms with Crippen molar-refractivity contribution in [2.24, 2.45) is 0 Å². The van der Waals surface area contributed by atoms with E-state index in [9.17, 15) is 14.4 Å². The van der Waals surface area contributed by atoms with Crippen molar-refractivity contribution in [1.82, 2.24) is 10.2 Å². The fraction of sp³-hybridized carbons (Fsp3) is 0.583. The number of nitrogens with zero attached hydrogens (tertiary/aromatic N) is 1. The van der Waals surface area contributed by atoms with E-state index in [1.54, 1.807) is 4.90 Å². The van der Waals surface area contributed by atoms with E-state index in [-0.39, 0.29) is 18.2 Å². The van der Waals surface area contributed by atoms with Crippen molar-refractivity contribution in [1.29, 1.82) is 0 Å². The van der Waals surface area contributed by atoms with Gasteiger partial charge < -0.3 is 19.7 Å². The Kier molecular flexibility index (Phi) is 4.91. The zero-order valence-corrected chi connectivity index (χ0v) is 11.3. The maximum Gasteiger partial charge on any atom is 0.331 e. The van der Waals surface area contributed by atoms with E-state index in [2.05, 4.69) is 10.1 Å². The van der Waals surface area contributed by atoms with Gasteiger partial charge in [0.05, 0.1) is 19.2 Å². The number of hydrogen-bond acceptors (Lipinski definition) is 5. The topological polar surface area (TPSA) is 84.9 Å².